The maximum absolute atomic E-state index is 11.7. The van der Waals surface area contributed by atoms with Crippen molar-refractivity contribution in [1.29, 1.82) is 0 Å². The van der Waals surface area contributed by atoms with Crippen LogP contribution in [-0.4, -0.2) is 32.9 Å². The smallest absolute Gasteiger partial charge is 0.306 e. The molecule has 0 unspecified atom stereocenters. The van der Waals surface area contributed by atoms with Gasteiger partial charge in [-0.05, 0) is 18.6 Å². The fourth-order valence-electron chi connectivity index (χ4n) is 1.47. The van der Waals surface area contributed by atoms with E-state index in [1.54, 1.807) is 12.1 Å². The molecule has 0 bridgehead atoms. The van der Waals surface area contributed by atoms with E-state index >= 15 is 0 Å². The molecule has 1 aromatic rings. The molecule has 0 aliphatic rings. The predicted molar refractivity (Wildman–Crippen MR) is 61.2 cm³/mol. The second kappa shape index (κ2) is 6.48. The van der Waals surface area contributed by atoms with E-state index in [0.29, 0.717) is 0 Å². The number of aliphatic carboxylic acids is 2. The van der Waals surface area contributed by atoms with E-state index in [1.807, 2.05) is 0 Å². The largest absolute Gasteiger partial charge is 0.481 e. The molecule has 0 saturated heterocycles. The van der Waals surface area contributed by atoms with Crippen LogP contribution in [0, 0.1) is 5.92 Å². The van der Waals surface area contributed by atoms with Crippen LogP contribution in [0.1, 0.15) is 29.8 Å². The minimum Gasteiger partial charge on any atom is -0.481 e. The van der Waals surface area contributed by atoms with Gasteiger partial charge in [0.1, 0.15) is 5.69 Å². The fourth-order valence-corrected chi connectivity index (χ4v) is 1.47. The molecule has 0 aliphatic heterocycles. The van der Waals surface area contributed by atoms with Gasteiger partial charge < -0.3 is 10.2 Å². The normalized spacial score (nSPS) is 11.8. The van der Waals surface area contributed by atoms with Crippen LogP contribution in [0.5, 0.6) is 0 Å². The zero-order valence-electron chi connectivity index (χ0n) is 9.57. The molecule has 0 aliphatic carbocycles. The highest BCUT2D eigenvalue weighted by Crippen LogP contribution is 2.15. The van der Waals surface area contributed by atoms with Crippen LogP contribution in [0.4, 0.5) is 0 Å². The number of hydrogen-bond donors (Lipinski definition) is 2. The number of carboxylic acids is 2. The lowest BCUT2D eigenvalue weighted by Gasteiger charge is -2.09. The highest BCUT2D eigenvalue weighted by atomic mass is 16.4. The van der Waals surface area contributed by atoms with Crippen molar-refractivity contribution in [2.75, 3.05) is 0 Å². The summed E-state index contributed by atoms with van der Waals surface area (Å²) in [7, 11) is 0. The SMILES string of the molecule is O=C(O)CC[C@@H](CC(=O)c1ccccn1)C(=O)O. The van der Waals surface area contributed by atoms with Crippen molar-refractivity contribution in [2.24, 2.45) is 5.92 Å². The lowest BCUT2D eigenvalue weighted by atomic mass is 9.96. The molecule has 18 heavy (non-hydrogen) atoms. The standard InChI is InChI=1S/C12H13NO5/c14-10(9-3-1-2-6-13-9)7-8(12(17)18)4-5-11(15)16/h1-3,6,8H,4-5,7H2,(H,15,16)(H,17,18)/t8-/m0/s1. The molecule has 6 heteroatoms. The van der Waals surface area contributed by atoms with E-state index in [0.717, 1.165) is 0 Å². The molecule has 2 N–H and O–H groups in total. The van der Waals surface area contributed by atoms with Gasteiger partial charge in [0.15, 0.2) is 5.78 Å². The van der Waals surface area contributed by atoms with Gasteiger partial charge in [0, 0.05) is 19.0 Å². The monoisotopic (exact) mass is 251 g/mol. The van der Waals surface area contributed by atoms with Gasteiger partial charge in [0.2, 0.25) is 0 Å². The molecular weight excluding hydrogens is 238 g/mol. The minimum atomic E-state index is -1.17. The number of carbonyl (C=O) groups is 3. The Morgan fingerprint density at radius 2 is 1.94 bits per heavy atom. The minimum absolute atomic E-state index is 0.0662. The molecule has 1 atom stereocenters. The van der Waals surface area contributed by atoms with Crippen LogP contribution in [0.2, 0.25) is 0 Å². The van der Waals surface area contributed by atoms with Gasteiger partial charge in [-0.15, -0.1) is 0 Å². The third kappa shape index (κ3) is 4.32. The second-order valence-electron chi connectivity index (χ2n) is 3.81. The first-order valence-electron chi connectivity index (χ1n) is 5.39. The van der Waals surface area contributed by atoms with Crippen LogP contribution in [0.15, 0.2) is 24.4 Å². The first kappa shape index (κ1) is 13.8. The van der Waals surface area contributed by atoms with Crippen LogP contribution in [-0.2, 0) is 9.59 Å². The number of aromatic nitrogens is 1. The van der Waals surface area contributed by atoms with E-state index in [9.17, 15) is 14.4 Å². The van der Waals surface area contributed by atoms with E-state index in [4.69, 9.17) is 10.2 Å². The summed E-state index contributed by atoms with van der Waals surface area (Å²) in [5, 5.41) is 17.4. The van der Waals surface area contributed by atoms with Crippen LogP contribution in [0.25, 0.3) is 0 Å². The van der Waals surface area contributed by atoms with Crippen molar-refractivity contribution in [2.45, 2.75) is 19.3 Å². The molecule has 0 spiro atoms. The van der Waals surface area contributed by atoms with E-state index in [1.165, 1.54) is 12.3 Å². The van der Waals surface area contributed by atoms with Gasteiger partial charge in [-0.3, -0.25) is 19.4 Å². The molecule has 1 heterocycles. The molecule has 0 radical (unpaired) electrons. The number of ketones is 1. The molecular formula is C12H13NO5. The van der Waals surface area contributed by atoms with Crippen molar-refractivity contribution in [1.82, 2.24) is 4.98 Å². The number of pyridine rings is 1. The van der Waals surface area contributed by atoms with Crippen LogP contribution in [0.3, 0.4) is 0 Å². The molecule has 0 amide bonds. The first-order chi connectivity index (χ1) is 8.50. The van der Waals surface area contributed by atoms with Crippen LogP contribution < -0.4 is 0 Å². The highest BCUT2D eigenvalue weighted by molar-refractivity contribution is 5.96. The van der Waals surface area contributed by atoms with Crippen molar-refractivity contribution in [3.05, 3.63) is 30.1 Å². The predicted octanol–water partition coefficient (Wildman–Crippen LogP) is 1.22. The molecule has 6 nitrogen and oxygen atoms in total. The third-order valence-electron chi connectivity index (χ3n) is 2.44. The first-order valence-corrected chi connectivity index (χ1v) is 5.39. The summed E-state index contributed by atoms with van der Waals surface area (Å²) in [5.41, 5.74) is 0.194. The molecule has 0 saturated carbocycles. The summed E-state index contributed by atoms with van der Waals surface area (Å²) >= 11 is 0. The van der Waals surface area contributed by atoms with E-state index in [2.05, 4.69) is 4.98 Å². The average Bonchev–Trinajstić information content (AvgIpc) is 2.34. The third-order valence-corrected chi connectivity index (χ3v) is 2.44. The Labute approximate surface area is 103 Å². The number of carboxylic acid groups (broad SMARTS) is 2. The van der Waals surface area contributed by atoms with Crippen molar-refractivity contribution in [3.63, 3.8) is 0 Å². The summed E-state index contributed by atoms with van der Waals surface area (Å²) < 4.78 is 0. The number of rotatable bonds is 7. The van der Waals surface area contributed by atoms with Crippen molar-refractivity contribution < 1.29 is 24.6 Å². The Morgan fingerprint density at radius 1 is 1.22 bits per heavy atom. The van der Waals surface area contributed by atoms with Crippen LogP contribution >= 0.6 is 0 Å². The molecule has 1 rings (SSSR count). The van der Waals surface area contributed by atoms with E-state index in [-0.39, 0.29) is 25.0 Å². The Morgan fingerprint density at radius 3 is 2.44 bits per heavy atom. The zero-order valence-corrected chi connectivity index (χ0v) is 9.57. The quantitative estimate of drug-likeness (QED) is 0.706. The van der Waals surface area contributed by atoms with Gasteiger partial charge in [-0.1, -0.05) is 6.07 Å². The molecule has 0 fully saturated rings. The zero-order chi connectivity index (χ0) is 13.5. The Bertz CT molecular complexity index is 443. The highest BCUT2D eigenvalue weighted by Gasteiger charge is 2.23. The summed E-state index contributed by atoms with van der Waals surface area (Å²) in [6.07, 6.45) is 0.871. The summed E-state index contributed by atoms with van der Waals surface area (Å²) in [5.74, 6) is -3.63. The lowest BCUT2D eigenvalue weighted by Crippen LogP contribution is -2.19. The Kier molecular flexibility index (Phi) is 4.98. The van der Waals surface area contributed by atoms with Gasteiger partial charge >= 0.3 is 11.9 Å². The van der Waals surface area contributed by atoms with Gasteiger partial charge in [-0.2, -0.15) is 0 Å². The fraction of sp³-hybridized carbons (Fsp3) is 0.333. The number of carbonyl (C=O) groups excluding carboxylic acids is 1. The molecule has 0 aromatic carbocycles. The van der Waals surface area contributed by atoms with Gasteiger partial charge in [0.05, 0.1) is 5.92 Å². The summed E-state index contributed by atoms with van der Waals surface area (Å²) in [4.78, 5) is 36.9. The Balaban J connectivity index is 2.64. The average molecular weight is 251 g/mol. The van der Waals surface area contributed by atoms with Crippen molar-refractivity contribution >= 4 is 17.7 Å². The second-order valence-corrected chi connectivity index (χ2v) is 3.81. The lowest BCUT2D eigenvalue weighted by molar-refractivity contribution is -0.142. The van der Waals surface area contributed by atoms with E-state index < -0.39 is 23.6 Å². The number of nitrogens with zero attached hydrogens (tertiary/aromatic N) is 1. The number of hydrogen-bond acceptors (Lipinski definition) is 4. The number of Topliss-reactive ketones (excluding diaryl/α,β-unsaturated/α-hetero) is 1. The van der Waals surface area contributed by atoms with Gasteiger partial charge in [-0.25, -0.2) is 0 Å². The summed E-state index contributed by atoms with van der Waals surface area (Å²) in [6, 6.07) is 4.78. The van der Waals surface area contributed by atoms with Gasteiger partial charge in [0.25, 0.3) is 0 Å². The van der Waals surface area contributed by atoms with Crippen molar-refractivity contribution in [3.8, 4) is 0 Å². The molecule has 96 valence electrons. The Hall–Kier alpha value is -2.24. The molecule has 1 aromatic heterocycles. The maximum atomic E-state index is 11.7. The topological polar surface area (TPSA) is 105 Å². The maximum Gasteiger partial charge on any atom is 0.306 e. The summed E-state index contributed by atoms with van der Waals surface area (Å²) in [6.45, 7) is 0.